The van der Waals surface area contributed by atoms with Gasteiger partial charge < -0.3 is 10.5 Å². The zero-order valence-corrected chi connectivity index (χ0v) is 16.2. The fraction of sp³-hybridized carbons (Fsp3) is 0.389. The average molecular weight is 400 g/mol. The average Bonchev–Trinajstić information content (AvgIpc) is 3.20. The Balaban J connectivity index is 1.60. The summed E-state index contributed by atoms with van der Waals surface area (Å²) in [4.78, 5) is 42.2. The topological polar surface area (TPSA) is 143 Å². The zero-order chi connectivity index (χ0) is 21.2. The lowest BCUT2D eigenvalue weighted by atomic mass is 10.1. The molecule has 3 rings (SSSR count). The summed E-state index contributed by atoms with van der Waals surface area (Å²) >= 11 is 0. The number of carbonyl (C=O) groups is 2. The van der Waals surface area contributed by atoms with Crippen molar-refractivity contribution in [3.8, 4) is 0 Å². The maximum Gasteiger partial charge on any atom is 0.285 e. The van der Waals surface area contributed by atoms with E-state index < -0.39 is 23.6 Å². The Labute approximate surface area is 166 Å². The van der Waals surface area contributed by atoms with E-state index in [9.17, 15) is 14.4 Å². The van der Waals surface area contributed by atoms with Gasteiger partial charge in [-0.05, 0) is 38.1 Å². The van der Waals surface area contributed by atoms with Gasteiger partial charge in [-0.15, -0.1) is 15.3 Å². The largest absolute Gasteiger partial charge is 0.353 e. The maximum absolute atomic E-state index is 12.2. The van der Waals surface area contributed by atoms with E-state index in [0.29, 0.717) is 5.06 Å². The molecule has 2 heterocycles. The first-order valence-electron chi connectivity index (χ1n) is 8.78. The van der Waals surface area contributed by atoms with Crippen LogP contribution in [0.3, 0.4) is 0 Å². The number of aromatic nitrogens is 4. The van der Waals surface area contributed by atoms with Crippen molar-refractivity contribution in [1.82, 2.24) is 25.3 Å². The molecule has 2 N–H and O–H groups in total. The van der Waals surface area contributed by atoms with Gasteiger partial charge in [0, 0.05) is 0 Å². The van der Waals surface area contributed by atoms with E-state index in [0.717, 1.165) is 4.80 Å². The number of nitrogens with two attached hydrogens (primary N) is 1. The number of amides is 2. The molecule has 0 bridgehead atoms. The second-order valence-electron chi connectivity index (χ2n) is 7.16. The summed E-state index contributed by atoms with van der Waals surface area (Å²) < 4.78 is 5.51. The number of hydrogen-bond acceptors (Lipinski definition) is 9. The molecule has 1 aromatic heterocycles. The first kappa shape index (κ1) is 20.5. The first-order chi connectivity index (χ1) is 13.7. The van der Waals surface area contributed by atoms with E-state index in [1.165, 1.54) is 0 Å². The van der Waals surface area contributed by atoms with Gasteiger partial charge in [-0.25, -0.2) is 4.79 Å². The summed E-state index contributed by atoms with van der Waals surface area (Å²) in [6, 6.07) is 6.45. The fourth-order valence-electron chi connectivity index (χ4n) is 2.61. The van der Waals surface area contributed by atoms with Crippen LogP contribution in [-0.2, 0) is 20.9 Å². The lowest BCUT2D eigenvalue weighted by molar-refractivity contribution is -0.0948. The molecule has 2 aromatic rings. The van der Waals surface area contributed by atoms with Crippen LogP contribution in [0.2, 0.25) is 0 Å². The van der Waals surface area contributed by atoms with Crippen LogP contribution in [0.1, 0.15) is 47.3 Å². The number of hydroxylamine groups is 2. The Kier molecular flexibility index (Phi) is 5.66. The molecule has 11 nitrogen and oxygen atoms in total. The Bertz CT molecular complexity index is 954. The monoisotopic (exact) mass is 400 g/mol. The van der Waals surface area contributed by atoms with Crippen molar-refractivity contribution < 1.29 is 24.0 Å². The summed E-state index contributed by atoms with van der Waals surface area (Å²) in [5.74, 6) is 0.590. The third-order valence-electron chi connectivity index (χ3n) is 3.84. The van der Waals surface area contributed by atoms with Crippen LogP contribution < -0.4 is 5.73 Å². The standard InChI is InChI=1S/C18H20N6O5/c1-18(2,3)29-14(19)13(10-25)15-20-22-23(21-15)8-9-28-24-16(26)11-6-4-5-7-12(11)17(24)27/h4-7,14H,8-9,19H2,1-3H3. The van der Waals surface area contributed by atoms with Gasteiger partial charge in [0.05, 0.1) is 29.9 Å². The Morgan fingerprint density at radius 3 is 2.38 bits per heavy atom. The van der Waals surface area contributed by atoms with Crippen molar-refractivity contribution in [3.05, 3.63) is 41.2 Å². The van der Waals surface area contributed by atoms with Gasteiger partial charge in [0.2, 0.25) is 5.82 Å². The number of ether oxygens (including phenoxy) is 1. The molecule has 1 atom stereocenters. The Morgan fingerprint density at radius 1 is 1.21 bits per heavy atom. The highest BCUT2D eigenvalue weighted by molar-refractivity contribution is 6.20. The minimum Gasteiger partial charge on any atom is -0.353 e. The van der Waals surface area contributed by atoms with Gasteiger partial charge in [-0.2, -0.15) is 4.80 Å². The minimum absolute atomic E-state index is 0.0301. The van der Waals surface area contributed by atoms with Crippen molar-refractivity contribution in [3.63, 3.8) is 0 Å². The van der Waals surface area contributed by atoms with E-state index in [1.54, 1.807) is 51.0 Å². The molecule has 1 aliphatic heterocycles. The van der Waals surface area contributed by atoms with Crippen molar-refractivity contribution in [2.24, 2.45) is 5.73 Å². The number of carbonyl (C=O) groups excluding carboxylic acids is 3. The number of imide groups is 1. The van der Waals surface area contributed by atoms with Crippen LogP contribution in [0.15, 0.2) is 24.3 Å². The molecule has 0 saturated carbocycles. The number of tetrazole rings is 1. The summed E-state index contributed by atoms with van der Waals surface area (Å²) in [6.07, 6.45) is -1.07. The molecule has 29 heavy (non-hydrogen) atoms. The SMILES string of the molecule is CC(C)(C)OC(N)C(=C=O)c1nnn(CCON2C(=O)c3ccccc3C2=O)n1. The van der Waals surface area contributed by atoms with Crippen LogP contribution in [0.4, 0.5) is 0 Å². The normalized spacial score (nSPS) is 14.7. The predicted molar refractivity (Wildman–Crippen MR) is 98.6 cm³/mol. The molecule has 0 fully saturated rings. The Morgan fingerprint density at radius 2 is 1.83 bits per heavy atom. The predicted octanol–water partition coefficient (Wildman–Crippen LogP) is 0.216. The minimum atomic E-state index is -1.07. The summed E-state index contributed by atoms with van der Waals surface area (Å²) in [6.45, 7) is 5.36. The smallest absolute Gasteiger partial charge is 0.285 e. The number of benzene rings is 1. The van der Waals surface area contributed by atoms with Crippen molar-refractivity contribution in [2.45, 2.75) is 39.1 Å². The second kappa shape index (κ2) is 8.02. The molecule has 0 radical (unpaired) electrons. The van der Waals surface area contributed by atoms with Crippen LogP contribution >= 0.6 is 0 Å². The third-order valence-corrected chi connectivity index (χ3v) is 3.84. The van der Waals surface area contributed by atoms with E-state index >= 15 is 0 Å². The van der Waals surface area contributed by atoms with E-state index in [4.69, 9.17) is 15.3 Å². The molecule has 0 spiro atoms. The molecule has 1 aromatic carbocycles. The zero-order valence-electron chi connectivity index (χ0n) is 16.2. The lowest BCUT2D eigenvalue weighted by Gasteiger charge is -2.24. The van der Waals surface area contributed by atoms with E-state index in [1.807, 2.05) is 0 Å². The highest BCUT2D eigenvalue weighted by Gasteiger charge is 2.36. The summed E-state index contributed by atoms with van der Waals surface area (Å²) in [7, 11) is 0. The molecular formula is C18H20N6O5. The molecule has 0 aliphatic carbocycles. The van der Waals surface area contributed by atoms with Gasteiger partial charge in [-0.3, -0.25) is 14.4 Å². The van der Waals surface area contributed by atoms with Gasteiger partial charge >= 0.3 is 0 Å². The number of hydrogen-bond donors (Lipinski definition) is 1. The van der Waals surface area contributed by atoms with Gasteiger partial charge in [0.1, 0.15) is 17.7 Å². The van der Waals surface area contributed by atoms with Gasteiger partial charge in [0.25, 0.3) is 11.8 Å². The number of fused-ring (bicyclic) bond motifs is 1. The third kappa shape index (κ3) is 4.44. The van der Waals surface area contributed by atoms with Gasteiger partial charge in [0.15, 0.2) is 0 Å². The molecule has 1 unspecified atom stereocenters. The van der Waals surface area contributed by atoms with Crippen molar-refractivity contribution in [1.29, 1.82) is 0 Å². The quantitative estimate of drug-likeness (QED) is 0.392. The second-order valence-corrected chi connectivity index (χ2v) is 7.16. The molecule has 1 aliphatic rings. The van der Waals surface area contributed by atoms with Crippen molar-refractivity contribution >= 4 is 23.3 Å². The highest BCUT2D eigenvalue weighted by atomic mass is 16.7. The Hall–Kier alpha value is -3.24. The van der Waals surface area contributed by atoms with E-state index in [2.05, 4.69) is 15.4 Å². The molecular weight excluding hydrogens is 380 g/mol. The molecule has 152 valence electrons. The highest BCUT2D eigenvalue weighted by Crippen LogP contribution is 2.22. The first-order valence-corrected chi connectivity index (χ1v) is 8.78. The van der Waals surface area contributed by atoms with Gasteiger partial charge in [-0.1, -0.05) is 12.1 Å². The van der Waals surface area contributed by atoms with Crippen LogP contribution in [-0.4, -0.2) is 61.5 Å². The van der Waals surface area contributed by atoms with Crippen LogP contribution in [0, 0.1) is 0 Å². The summed E-state index contributed by atoms with van der Waals surface area (Å²) in [5.41, 5.74) is 5.77. The number of nitrogens with zero attached hydrogens (tertiary/aromatic N) is 5. The van der Waals surface area contributed by atoms with Crippen LogP contribution in [0.25, 0.3) is 5.57 Å². The molecule has 11 heteroatoms. The van der Waals surface area contributed by atoms with Crippen molar-refractivity contribution in [2.75, 3.05) is 6.61 Å². The summed E-state index contributed by atoms with van der Waals surface area (Å²) in [5, 5.41) is 12.3. The molecule has 2 amide bonds. The lowest BCUT2D eigenvalue weighted by Crippen LogP contribution is -2.35. The van der Waals surface area contributed by atoms with Crippen LogP contribution in [0.5, 0.6) is 0 Å². The molecule has 0 saturated heterocycles. The fourth-order valence-corrected chi connectivity index (χ4v) is 2.61. The maximum atomic E-state index is 12.2. The number of rotatable bonds is 7. The van der Waals surface area contributed by atoms with E-state index in [-0.39, 0.29) is 35.7 Å².